The summed E-state index contributed by atoms with van der Waals surface area (Å²) in [5.74, 6) is 0. The van der Waals surface area contributed by atoms with Crippen molar-refractivity contribution in [3.8, 4) is 0 Å². The molecule has 0 bridgehead atoms. The molecule has 0 amide bonds. The lowest BCUT2D eigenvalue weighted by Gasteiger charge is -2.47. The van der Waals surface area contributed by atoms with Crippen LogP contribution in [0.1, 0.15) is 120 Å². The molecule has 0 rings (SSSR count). The van der Waals surface area contributed by atoms with Gasteiger partial charge in [-0.1, -0.05) is 93.9 Å². The lowest BCUT2D eigenvalue weighted by atomic mass is 9.88. The molecule has 0 aliphatic carbocycles. The molecule has 25 heavy (non-hydrogen) atoms. The van der Waals surface area contributed by atoms with Crippen molar-refractivity contribution in [1.82, 2.24) is 0 Å². The third-order valence-corrected chi connectivity index (χ3v) is 11.1. The Labute approximate surface area is 160 Å². The second-order valence-corrected chi connectivity index (χ2v) is 11.9. The van der Waals surface area contributed by atoms with Crippen LogP contribution in [0, 0.1) is 0 Å². The highest BCUT2D eigenvalue weighted by Gasteiger charge is 2.51. The topological polar surface area (TPSA) is 18.5 Å². The Balaban J connectivity index is 5.80. The summed E-state index contributed by atoms with van der Waals surface area (Å²) in [5.41, 5.74) is 1.12. The summed E-state index contributed by atoms with van der Waals surface area (Å²) in [6, 6.07) is 0. The van der Waals surface area contributed by atoms with Gasteiger partial charge in [-0.3, -0.25) is 0 Å². The van der Waals surface area contributed by atoms with E-state index in [9.17, 15) is 0 Å². The third-order valence-electron chi connectivity index (χ3n) is 6.12. The molecule has 0 N–H and O–H groups in total. The van der Waals surface area contributed by atoms with E-state index in [4.69, 9.17) is 8.85 Å². The second kappa shape index (κ2) is 13.3. The molecule has 0 aliphatic rings. The highest BCUT2D eigenvalue weighted by molar-refractivity contribution is 6.70. The first-order valence-electron chi connectivity index (χ1n) is 11.3. The molecule has 152 valence electrons. The summed E-state index contributed by atoms with van der Waals surface area (Å²) < 4.78 is 14.0. The van der Waals surface area contributed by atoms with Gasteiger partial charge < -0.3 is 8.85 Å². The Morgan fingerprint density at radius 2 is 1.24 bits per heavy atom. The van der Waals surface area contributed by atoms with Gasteiger partial charge in [-0.25, -0.2) is 0 Å². The molecule has 0 saturated heterocycles. The van der Waals surface area contributed by atoms with E-state index in [1.54, 1.807) is 0 Å². The predicted octanol–water partition coefficient (Wildman–Crippen LogP) is 8.00. The minimum Gasteiger partial charge on any atom is -0.394 e. The fourth-order valence-corrected chi connectivity index (χ4v) is 8.51. The minimum absolute atomic E-state index is 0.0266. The molecule has 0 spiro atoms. The van der Waals surface area contributed by atoms with Crippen molar-refractivity contribution in [2.75, 3.05) is 6.61 Å². The highest BCUT2D eigenvalue weighted by Crippen LogP contribution is 2.44. The van der Waals surface area contributed by atoms with Crippen molar-refractivity contribution in [3.63, 3.8) is 0 Å². The number of rotatable bonds is 16. The van der Waals surface area contributed by atoms with Crippen LogP contribution in [0.4, 0.5) is 0 Å². The van der Waals surface area contributed by atoms with Crippen molar-refractivity contribution in [1.29, 1.82) is 0 Å². The van der Waals surface area contributed by atoms with Gasteiger partial charge in [-0.05, 0) is 36.8 Å². The summed E-state index contributed by atoms with van der Waals surface area (Å²) in [7, 11) is -2.28. The molecule has 0 heterocycles. The summed E-state index contributed by atoms with van der Waals surface area (Å²) in [5, 5.41) is 0. The van der Waals surface area contributed by atoms with Gasteiger partial charge in [-0.15, -0.1) is 0 Å². The summed E-state index contributed by atoms with van der Waals surface area (Å²) >= 11 is 0. The maximum absolute atomic E-state index is 7.30. The monoisotopic (exact) mass is 372 g/mol. The van der Waals surface area contributed by atoms with E-state index in [1.807, 2.05) is 0 Å². The van der Waals surface area contributed by atoms with Gasteiger partial charge in [0, 0.05) is 6.61 Å². The van der Waals surface area contributed by atoms with Crippen LogP contribution >= 0.6 is 0 Å². The maximum Gasteiger partial charge on any atom is 0.344 e. The van der Waals surface area contributed by atoms with Gasteiger partial charge in [0.25, 0.3) is 0 Å². The first-order chi connectivity index (χ1) is 11.9. The van der Waals surface area contributed by atoms with E-state index in [0.717, 1.165) is 32.3 Å². The molecule has 0 radical (unpaired) electrons. The van der Waals surface area contributed by atoms with Gasteiger partial charge in [0.2, 0.25) is 0 Å². The quantitative estimate of drug-likeness (QED) is 0.255. The summed E-state index contributed by atoms with van der Waals surface area (Å²) in [6.07, 6.45) is 11.9. The van der Waals surface area contributed by atoms with Crippen molar-refractivity contribution < 1.29 is 8.85 Å². The SMILES string of the molecule is CCCCC(CC)(CCCC)O[Si](OCCC)(C(C)CC)C(C)CC. The van der Waals surface area contributed by atoms with Crippen LogP contribution in [0.15, 0.2) is 0 Å². The van der Waals surface area contributed by atoms with E-state index in [-0.39, 0.29) is 5.60 Å². The molecule has 0 aliphatic heterocycles. The van der Waals surface area contributed by atoms with E-state index < -0.39 is 8.56 Å². The van der Waals surface area contributed by atoms with Crippen LogP contribution in [-0.2, 0) is 8.85 Å². The molecule has 2 atom stereocenters. The van der Waals surface area contributed by atoms with Gasteiger partial charge in [0.1, 0.15) is 0 Å². The molecule has 3 heteroatoms. The van der Waals surface area contributed by atoms with Gasteiger partial charge in [-0.2, -0.15) is 0 Å². The van der Waals surface area contributed by atoms with E-state index in [0.29, 0.717) is 11.1 Å². The van der Waals surface area contributed by atoms with E-state index in [2.05, 4.69) is 55.4 Å². The molecular weight excluding hydrogens is 324 g/mol. The van der Waals surface area contributed by atoms with Gasteiger partial charge >= 0.3 is 8.56 Å². The van der Waals surface area contributed by atoms with Crippen molar-refractivity contribution >= 4 is 8.56 Å². The van der Waals surface area contributed by atoms with Crippen molar-refractivity contribution in [3.05, 3.63) is 0 Å². The lowest BCUT2D eigenvalue weighted by Crippen LogP contribution is -2.56. The average Bonchev–Trinajstić information content (AvgIpc) is 2.65. The molecule has 0 fully saturated rings. The number of hydrogen-bond donors (Lipinski definition) is 0. The van der Waals surface area contributed by atoms with Crippen LogP contribution in [0.3, 0.4) is 0 Å². The molecule has 0 aromatic rings. The van der Waals surface area contributed by atoms with Crippen LogP contribution in [0.2, 0.25) is 11.1 Å². The standard InChI is InChI=1S/C22H48O2Si/c1-9-15-17-22(14-6,18-16-10-2)24-25(20(7)12-4,21(8)13-5)23-19-11-3/h20-21H,9-19H2,1-8H3. The average molecular weight is 373 g/mol. The largest absolute Gasteiger partial charge is 0.394 e. The Morgan fingerprint density at radius 1 is 0.760 bits per heavy atom. The number of unbranched alkanes of at least 4 members (excludes halogenated alkanes) is 2. The summed E-state index contributed by atoms with van der Waals surface area (Å²) in [6.45, 7) is 19.4. The van der Waals surface area contributed by atoms with Gasteiger partial charge in [0.05, 0.1) is 5.60 Å². The van der Waals surface area contributed by atoms with Crippen LogP contribution in [0.25, 0.3) is 0 Å². The molecule has 0 saturated carbocycles. The highest BCUT2D eigenvalue weighted by atomic mass is 28.4. The van der Waals surface area contributed by atoms with Crippen LogP contribution in [0.5, 0.6) is 0 Å². The minimum atomic E-state index is -2.28. The van der Waals surface area contributed by atoms with Crippen molar-refractivity contribution in [2.45, 2.75) is 136 Å². The molecule has 0 aromatic carbocycles. The Bertz CT molecular complexity index is 301. The fourth-order valence-electron chi connectivity index (χ4n) is 3.82. The van der Waals surface area contributed by atoms with E-state index in [1.165, 1.54) is 38.5 Å². The number of hydrogen-bond acceptors (Lipinski definition) is 2. The zero-order valence-electron chi connectivity index (χ0n) is 18.7. The van der Waals surface area contributed by atoms with E-state index >= 15 is 0 Å². The normalized spacial score (nSPS) is 17.3. The molecule has 0 aromatic heterocycles. The lowest BCUT2D eigenvalue weighted by molar-refractivity contribution is -0.00993. The molecule has 2 unspecified atom stereocenters. The summed E-state index contributed by atoms with van der Waals surface area (Å²) in [4.78, 5) is 0. The Hall–Kier alpha value is 0.137. The molecule has 2 nitrogen and oxygen atoms in total. The second-order valence-electron chi connectivity index (χ2n) is 8.03. The van der Waals surface area contributed by atoms with Gasteiger partial charge in [0.15, 0.2) is 0 Å². The first-order valence-corrected chi connectivity index (χ1v) is 13.2. The first kappa shape index (κ1) is 25.1. The zero-order valence-corrected chi connectivity index (χ0v) is 19.7. The maximum atomic E-state index is 7.30. The van der Waals surface area contributed by atoms with Crippen LogP contribution < -0.4 is 0 Å². The third kappa shape index (κ3) is 7.34. The van der Waals surface area contributed by atoms with Crippen LogP contribution in [-0.4, -0.2) is 20.8 Å². The fraction of sp³-hybridized carbons (Fsp3) is 1.00. The Kier molecular flexibility index (Phi) is 13.4. The Morgan fingerprint density at radius 3 is 1.56 bits per heavy atom. The molecular formula is C22H48O2Si. The zero-order chi connectivity index (χ0) is 19.3. The smallest absolute Gasteiger partial charge is 0.344 e. The van der Waals surface area contributed by atoms with Crippen molar-refractivity contribution in [2.24, 2.45) is 0 Å². The predicted molar refractivity (Wildman–Crippen MR) is 115 cm³/mol.